The molecule has 0 aliphatic rings. The van der Waals surface area contributed by atoms with Crippen LogP contribution in [0.25, 0.3) is 0 Å². The number of anilines is 2. The van der Waals surface area contributed by atoms with Crippen molar-refractivity contribution in [2.45, 2.75) is 6.42 Å². The second kappa shape index (κ2) is 3.91. The van der Waals surface area contributed by atoms with Gasteiger partial charge in [0, 0.05) is 25.0 Å². The normalized spacial score (nSPS) is 10.1. The summed E-state index contributed by atoms with van der Waals surface area (Å²) in [6.45, 7) is 0. The predicted molar refractivity (Wildman–Crippen MR) is 57.9 cm³/mol. The molecule has 5 nitrogen and oxygen atoms in total. The largest absolute Gasteiger partial charge is 0.396 e. The number of pyridine rings is 1. The van der Waals surface area contributed by atoms with Crippen molar-refractivity contribution in [1.82, 2.24) is 15.0 Å². The molecule has 4 N–H and O–H groups in total. The molecule has 0 saturated carbocycles. The first-order valence-electron chi connectivity index (χ1n) is 4.50. The summed E-state index contributed by atoms with van der Waals surface area (Å²) in [5.74, 6) is 0.365. The van der Waals surface area contributed by atoms with Crippen LogP contribution in [0.2, 0.25) is 0 Å². The standard InChI is InChI=1S/C10H11N5/c11-9-8(1-2-15-10(9)12)3-7-4-13-6-14-5-7/h1-2,4-6H,3,11H2,(H2,12,15). The van der Waals surface area contributed by atoms with Gasteiger partial charge in [0.05, 0.1) is 5.69 Å². The fourth-order valence-electron chi connectivity index (χ4n) is 1.33. The van der Waals surface area contributed by atoms with Gasteiger partial charge in [0.2, 0.25) is 0 Å². The molecule has 0 bridgehead atoms. The second-order valence-corrected chi connectivity index (χ2v) is 3.19. The number of nitrogen functional groups attached to an aromatic ring is 2. The Hall–Kier alpha value is -2.17. The van der Waals surface area contributed by atoms with Gasteiger partial charge in [-0.15, -0.1) is 0 Å². The summed E-state index contributed by atoms with van der Waals surface area (Å²) in [7, 11) is 0. The van der Waals surface area contributed by atoms with Crippen LogP contribution in [0.15, 0.2) is 31.0 Å². The van der Waals surface area contributed by atoms with Crippen molar-refractivity contribution >= 4 is 11.5 Å². The Morgan fingerprint density at radius 1 is 1.13 bits per heavy atom. The quantitative estimate of drug-likeness (QED) is 0.743. The molecule has 2 aromatic heterocycles. The molecule has 0 spiro atoms. The van der Waals surface area contributed by atoms with Crippen LogP contribution in [-0.4, -0.2) is 15.0 Å². The number of nitrogens with two attached hydrogens (primary N) is 2. The van der Waals surface area contributed by atoms with Crippen LogP contribution in [0.4, 0.5) is 11.5 Å². The maximum atomic E-state index is 5.80. The fraction of sp³-hybridized carbons (Fsp3) is 0.100. The van der Waals surface area contributed by atoms with Gasteiger partial charge < -0.3 is 11.5 Å². The van der Waals surface area contributed by atoms with Gasteiger partial charge in [0.25, 0.3) is 0 Å². The minimum absolute atomic E-state index is 0.365. The van der Waals surface area contributed by atoms with Crippen molar-refractivity contribution in [3.63, 3.8) is 0 Å². The molecule has 76 valence electrons. The number of rotatable bonds is 2. The van der Waals surface area contributed by atoms with E-state index in [0.29, 0.717) is 17.9 Å². The average Bonchev–Trinajstić information content (AvgIpc) is 2.26. The molecule has 5 heteroatoms. The first-order valence-corrected chi connectivity index (χ1v) is 4.50. The van der Waals surface area contributed by atoms with E-state index in [9.17, 15) is 0 Å². The maximum Gasteiger partial charge on any atom is 0.146 e. The lowest BCUT2D eigenvalue weighted by Gasteiger charge is -2.06. The van der Waals surface area contributed by atoms with E-state index < -0.39 is 0 Å². The van der Waals surface area contributed by atoms with Gasteiger partial charge in [0.1, 0.15) is 12.1 Å². The van der Waals surface area contributed by atoms with Crippen LogP contribution in [0.5, 0.6) is 0 Å². The lowest BCUT2D eigenvalue weighted by atomic mass is 10.1. The molecule has 0 saturated heterocycles. The number of hydrogen-bond acceptors (Lipinski definition) is 5. The Bertz CT molecular complexity index is 455. The molecule has 0 fully saturated rings. The van der Waals surface area contributed by atoms with Gasteiger partial charge in [-0.1, -0.05) is 0 Å². The molecule has 0 unspecified atom stereocenters. The van der Waals surface area contributed by atoms with E-state index in [2.05, 4.69) is 15.0 Å². The van der Waals surface area contributed by atoms with Gasteiger partial charge in [-0.3, -0.25) is 0 Å². The molecule has 0 aliphatic carbocycles. The molecular weight excluding hydrogens is 190 g/mol. The van der Waals surface area contributed by atoms with Crippen molar-refractivity contribution in [2.75, 3.05) is 11.5 Å². The van der Waals surface area contributed by atoms with Crippen molar-refractivity contribution in [1.29, 1.82) is 0 Å². The van der Waals surface area contributed by atoms with Crippen molar-refractivity contribution in [3.05, 3.63) is 42.1 Å². The van der Waals surface area contributed by atoms with E-state index in [4.69, 9.17) is 11.5 Å². The van der Waals surface area contributed by atoms with Crippen molar-refractivity contribution in [2.24, 2.45) is 0 Å². The first kappa shape index (κ1) is 9.39. The smallest absolute Gasteiger partial charge is 0.146 e. The highest BCUT2D eigenvalue weighted by atomic mass is 14.9. The zero-order valence-corrected chi connectivity index (χ0v) is 8.09. The van der Waals surface area contributed by atoms with Crippen LogP contribution >= 0.6 is 0 Å². The van der Waals surface area contributed by atoms with Gasteiger partial charge in [0.15, 0.2) is 0 Å². The maximum absolute atomic E-state index is 5.80. The van der Waals surface area contributed by atoms with E-state index in [-0.39, 0.29) is 0 Å². The Balaban J connectivity index is 2.29. The summed E-state index contributed by atoms with van der Waals surface area (Å²) in [5, 5.41) is 0. The van der Waals surface area contributed by atoms with Crippen LogP contribution in [0, 0.1) is 0 Å². The Morgan fingerprint density at radius 2 is 1.87 bits per heavy atom. The minimum Gasteiger partial charge on any atom is -0.396 e. The van der Waals surface area contributed by atoms with Crippen molar-refractivity contribution in [3.8, 4) is 0 Å². The van der Waals surface area contributed by atoms with E-state index in [1.807, 2.05) is 6.07 Å². The number of hydrogen-bond donors (Lipinski definition) is 2. The second-order valence-electron chi connectivity index (χ2n) is 3.19. The molecular formula is C10H11N5. The van der Waals surface area contributed by atoms with E-state index >= 15 is 0 Å². The van der Waals surface area contributed by atoms with Gasteiger partial charge in [-0.2, -0.15) is 0 Å². The molecule has 2 rings (SSSR count). The van der Waals surface area contributed by atoms with Crippen LogP contribution in [0.3, 0.4) is 0 Å². The SMILES string of the molecule is Nc1nccc(Cc2cncnc2)c1N. The van der Waals surface area contributed by atoms with Gasteiger partial charge in [-0.05, 0) is 17.2 Å². The summed E-state index contributed by atoms with van der Waals surface area (Å²) in [5.41, 5.74) is 13.9. The van der Waals surface area contributed by atoms with Crippen molar-refractivity contribution < 1.29 is 0 Å². The third-order valence-corrected chi connectivity index (χ3v) is 2.12. The molecule has 0 aliphatic heterocycles. The van der Waals surface area contributed by atoms with E-state index in [0.717, 1.165) is 11.1 Å². The third-order valence-electron chi connectivity index (χ3n) is 2.12. The molecule has 2 heterocycles. The zero-order chi connectivity index (χ0) is 10.7. The molecule has 15 heavy (non-hydrogen) atoms. The Morgan fingerprint density at radius 3 is 2.60 bits per heavy atom. The number of nitrogens with zero attached hydrogens (tertiary/aromatic N) is 3. The summed E-state index contributed by atoms with van der Waals surface area (Å²) >= 11 is 0. The fourth-order valence-corrected chi connectivity index (χ4v) is 1.33. The topological polar surface area (TPSA) is 90.7 Å². The lowest BCUT2D eigenvalue weighted by Crippen LogP contribution is -2.02. The Labute approximate surface area is 87.2 Å². The highest BCUT2D eigenvalue weighted by molar-refractivity contribution is 5.63. The predicted octanol–water partition coefficient (Wildman–Crippen LogP) is 0.627. The lowest BCUT2D eigenvalue weighted by molar-refractivity contribution is 1.07. The summed E-state index contributed by atoms with van der Waals surface area (Å²) in [6, 6.07) is 1.85. The highest BCUT2D eigenvalue weighted by Crippen LogP contribution is 2.19. The van der Waals surface area contributed by atoms with Gasteiger partial charge in [-0.25, -0.2) is 15.0 Å². The minimum atomic E-state index is 0.365. The first-order chi connectivity index (χ1) is 7.27. The highest BCUT2D eigenvalue weighted by Gasteiger charge is 2.04. The monoisotopic (exact) mass is 201 g/mol. The summed E-state index contributed by atoms with van der Waals surface area (Å²) in [4.78, 5) is 11.8. The van der Waals surface area contributed by atoms with E-state index in [1.54, 1.807) is 18.6 Å². The molecule has 0 radical (unpaired) electrons. The Kier molecular flexibility index (Phi) is 2.45. The average molecular weight is 201 g/mol. The van der Waals surface area contributed by atoms with Crippen LogP contribution in [0.1, 0.15) is 11.1 Å². The van der Waals surface area contributed by atoms with Gasteiger partial charge >= 0.3 is 0 Å². The molecule has 0 aromatic carbocycles. The summed E-state index contributed by atoms with van der Waals surface area (Å²) < 4.78 is 0. The van der Waals surface area contributed by atoms with E-state index in [1.165, 1.54) is 6.33 Å². The molecule has 0 atom stereocenters. The molecule has 0 amide bonds. The molecule has 2 aromatic rings. The van der Waals surface area contributed by atoms with Crippen LogP contribution < -0.4 is 11.5 Å². The van der Waals surface area contributed by atoms with Crippen LogP contribution in [-0.2, 0) is 6.42 Å². The number of aromatic nitrogens is 3. The summed E-state index contributed by atoms with van der Waals surface area (Å²) in [6.07, 6.45) is 7.31. The zero-order valence-electron chi connectivity index (χ0n) is 8.09. The third kappa shape index (κ3) is 2.01.